The van der Waals surface area contributed by atoms with Crippen molar-refractivity contribution in [1.29, 1.82) is 0 Å². The predicted octanol–water partition coefficient (Wildman–Crippen LogP) is 7.52. The zero-order valence-electron chi connectivity index (χ0n) is 28.4. The van der Waals surface area contributed by atoms with Gasteiger partial charge in [-0.25, -0.2) is 4.79 Å². The summed E-state index contributed by atoms with van der Waals surface area (Å²) >= 11 is 0. The number of amides is 2. The van der Waals surface area contributed by atoms with Gasteiger partial charge in [0.05, 0.1) is 18.8 Å². The summed E-state index contributed by atoms with van der Waals surface area (Å²) in [4.78, 5) is 15.3. The van der Waals surface area contributed by atoms with Gasteiger partial charge in [0, 0.05) is 36.7 Å². The standard InChI is InChI=1S/C41H51N3O4/c1-4-15-44(3)25-37-27(2)38(33-13-11-28(26-45)12-14-33)48-39(47-37)36-10-6-9-35(20-36)34-8-5-7-29(19-34)24-42-40(46)43-41-21-30-16-31(22-41)18-32(17-30)23-41/h4-14,19-20,27,30-32,37-39,45H,1,15-18,21-26H2,2-3H3,(H2,42,43,46)/t27-,30?,31?,32?,37+,38+,39+,41?/m1/s1. The van der Waals surface area contributed by atoms with Gasteiger partial charge in [-0.2, -0.15) is 0 Å². The van der Waals surface area contributed by atoms with Crippen LogP contribution in [-0.4, -0.2) is 47.8 Å². The van der Waals surface area contributed by atoms with Gasteiger partial charge in [-0.15, -0.1) is 6.58 Å². The third-order valence-corrected chi connectivity index (χ3v) is 11.3. The molecule has 254 valence electrons. The number of carbonyl (C=O) groups excluding carboxylic acids is 1. The van der Waals surface area contributed by atoms with Crippen molar-refractivity contribution in [1.82, 2.24) is 15.5 Å². The third kappa shape index (κ3) is 7.25. The molecule has 4 atom stereocenters. The number of aliphatic hydroxyl groups excluding tert-OH is 1. The number of carbonyl (C=O) groups is 1. The smallest absolute Gasteiger partial charge is 0.315 e. The molecule has 0 radical (unpaired) electrons. The van der Waals surface area contributed by atoms with E-state index in [2.05, 4.69) is 96.7 Å². The van der Waals surface area contributed by atoms with Crippen molar-refractivity contribution < 1.29 is 19.4 Å². The first-order chi connectivity index (χ1) is 23.3. The maximum Gasteiger partial charge on any atom is 0.315 e. The number of benzene rings is 3. The summed E-state index contributed by atoms with van der Waals surface area (Å²) in [5.74, 6) is 2.50. The fraction of sp³-hybridized carbons (Fsp3) is 0.488. The number of hydrogen-bond donors (Lipinski definition) is 3. The molecule has 4 aliphatic carbocycles. The minimum absolute atomic E-state index is 0.00411. The first kappa shape index (κ1) is 33.0. The van der Waals surface area contributed by atoms with Gasteiger partial charge >= 0.3 is 6.03 Å². The second kappa shape index (κ2) is 14.2. The summed E-state index contributed by atoms with van der Waals surface area (Å²) in [7, 11) is 2.09. The maximum absolute atomic E-state index is 13.1. The first-order valence-electron chi connectivity index (χ1n) is 17.8. The van der Waals surface area contributed by atoms with Crippen LogP contribution >= 0.6 is 0 Å². The minimum atomic E-state index is -0.538. The van der Waals surface area contributed by atoms with Crippen LogP contribution < -0.4 is 10.6 Å². The molecule has 1 aliphatic heterocycles. The Labute approximate surface area is 285 Å². The Kier molecular flexibility index (Phi) is 9.75. The molecule has 8 rings (SSSR count). The third-order valence-electron chi connectivity index (χ3n) is 11.3. The monoisotopic (exact) mass is 649 g/mol. The van der Waals surface area contributed by atoms with Crippen molar-refractivity contribution in [2.75, 3.05) is 20.1 Å². The van der Waals surface area contributed by atoms with E-state index >= 15 is 0 Å². The summed E-state index contributed by atoms with van der Waals surface area (Å²) in [6, 6.07) is 24.8. The number of hydrogen-bond acceptors (Lipinski definition) is 5. The Balaban J connectivity index is 1.05. The van der Waals surface area contributed by atoms with Crippen LogP contribution in [0, 0.1) is 23.7 Å². The molecule has 5 fully saturated rings. The molecular weight excluding hydrogens is 598 g/mol. The summed E-state index contributed by atoms with van der Waals surface area (Å²) < 4.78 is 13.4. The van der Waals surface area contributed by atoms with Crippen LogP contribution in [0.5, 0.6) is 0 Å². The van der Waals surface area contributed by atoms with Crippen LogP contribution in [-0.2, 0) is 22.6 Å². The second-order valence-corrected chi connectivity index (χ2v) is 15.2. The average molecular weight is 650 g/mol. The Bertz CT molecular complexity index is 1550. The van der Waals surface area contributed by atoms with E-state index in [-0.39, 0.29) is 36.3 Å². The normalized spacial score (nSPS) is 30.7. The molecule has 4 saturated carbocycles. The number of ether oxygens (including phenoxy) is 2. The summed E-state index contributed by atoms with van der Waals surface area (Å²) in [5.41, 5.74) is 6.14. The van der Waals surface area contributed by atoms with E-state index in [1.165, 1.54) is 19.3 Å². The molecule has 1 saturated heterocycles. The highest BCUT2D eigenvalue weighted by Crippen LogP contribution is 2.55. The number of rotatable bonds is 11. The molecule has 5 aliphatic rings. The second-order valence-electron chi connectivity index (χ2n) is 15.2. The topological polar surface area (TPSA) is 83.1 Å². The SMILES string of the molecule is C=CCN(C)C[C@@H]1O[C@H](c2cccc(-c3cccc(CNC(=O)NC45CC6CC(CC(C6)C4)C5)c3)c2)O[C@H](c2ccc(CO)cc2)[C@@H]1C. The van der Waals surface area contributed by atoms with E-state index in [1.54, 1.807) is 0 Å². The zero-order valence-corrected chi connectivity index (χ0v) is 28.4. The van der Waals surface area contributed by atoms with Crippen LogP contribution in [0.25, 0.3) is 11.1 Å². The number of aliphatic hydroxyl groups is 1. The summed E-state index contributed by atoms with van der Waals surface area (Å²) in [6.07, 6.45) is 8.68. The molecule has 1 heterocycles. The number of urea groups is 1. The van der Waals surface area contributed by atoms with Gasteiger partial charge in [0.25, 0.3) is 0 Å². The van der Waals surface area contributed by atoms with Gasteiger partial charge in [0.1, 0.15) is 0 Å². The Morgan fingerprint density at radius 2 is 1.58 bits per heavy atom. The number of nitrogens with one attached hydrogen (secondary N) is 2. The van der Waals surface area contributed by atoms with Gasteiger partial charge in [-0.1, -0.05) is 73.7 Å². The van der Waals surface area contributed by atoms with Crippen molar-refractivity contribution in [2.45, 2.75) is 82.6 Å². The van der Waals surface area contributed by atoms with Crippen LogP contribution in [0.1, 0.15) is 80.1 Å². The van der Waals surface area contributed by atoms with Crippen LogP contribution in [0.15, 0.2) is 85.5 Å². The highest BCUT2D eigenvalue weighted by molar-refractivity contribution is 5.75. The van der Waals surface area contributed by atoms with Crippen molar-refractivity contribution in [2.24, 2.45) is 23.7 Å². The van der Waals surface area contributed by atoms with Crippen molar-refractivity contribution in [3.05, 3.63) is 108 Å². The van der Waals surface area contributed by atoms with E-state index < -0.39 is 6.29 Å². The van der Waals surface area contributed by atoms with Crippen molar-refractivity contribution >= 4 is 6.03 Å². The minimum Gasteiger partial charge on any atom is -0.392 e. The molecule has 3 aromatic rings. The lowest BCUT2D eigenvalue weighted by Crippen LogP contribution is -2.61. The lowest BCUT2D eigenvalue weighted by molar-refractivity contribution is -0.275. The maximum atomic E-state index is 13.1. The van der Waals surface area contributed by atoms with E-state index in [1.807, 2.05) is 18.2 Å². The molecule has 7 heteroatoms. The van der Waals surface area contributed by atoms with Crippen LogP contribution in [0.3, 0.4) is 0 Å². The lowest BCUT2D eigenvalue weighted by Gasteiger charge is -2.56. The van der Waals surface area contributed by atoms with Crippen LogP contribution in [0.4, 0.5) is 4.79 Å². The van der Waals surface area contributed by atoms with Crippen molar-refractivity contribution in [3.63, 3.8) is 0 Å². The van der Waals surface area contributed by atoms with E-state index in [4.69, 9.17) is 9.47 Å². The van der Waals surface area contributed by atoms with E-state index in [0.717, 1.165) is 83.5 Å². The van der Waals surface area contributed by atoms with Gasteiger partial charge < -0.3 is 30.1 Å². The first-order valence-corrected chi connectivity index (χ1v) is 17.8. The van der Waals surface area contributed by atoms with Gasteiger partial charge in [-0.05, 0) is 103 Å². The predicted molar refractivity (Wildman–Crippen MR) is 189 cm³/mol. The zero-order chi connectivity index (χ0) is 33.3. The molecular formula is C41H51N3O4. The molecule has 4 bridgehead atoms. The lowest BCUT2D eigenvalue weighted by atomic mass is 9.53. The molecule has 3 N–H and O–H groups in total. The summed E-state index contributed by atoms with van der Waals surface area (Å²) in [6.45, 7) is 8.12. The number of likely N-dealkylation sites (N-methyl/N-ethyl adjacent to an activating group) is 1. The van der Waals surface area contributed by atoms with Gasteiger partial charge in [0.15, 0.2) is 6.29 Å². The van der Waals surface area contributed by atoms with Crippen LogP contribution in [0.2, 0.25) is 0 Å². The molecule has 0 spiro atoms. The fourth-order valence-corrected chi connectivity index (χ4v) is 9.39. The van der Waals surface area contributed by atoms with Gasteiger partial charge in [-0.3, -0.25) is 0 Å². The number of nitrogens with zero attached hydrogens (tertiary/aromatic N) is 1. The highest BCUT2D eigenvalue weighted by atomic mass is 16.7. The van der Waals surface area contributed by atoms with Crippen molar-refractivity contribution in [3.8, 4) is 11.1 Å². The summed E-state index contributed by atoms with van der Waals surface area (Å²) in [5, 5.41) is 16.2. The quantitative estimate of drug-likeness (QED) is 0.187. The Morgan fingerprint density at radius 1 is 0.917 bits per heavy atom. The highest BCUT2D eigenvalue weighted by Gasteiger charge is 2.51. The average Bonchev–Trinajstić information content (AvgIpc) is 3.08. The fourth-order valence-electron chi connectivity index (χ4n) is 9.39. The molecule has 48 heavy (non-hydrogen) atoms. The Hall–Kier alpha value is -3.49. The van der Waals surface area contributed by atoms with E-state index in [0.29, 0.717) is 6.54 Å². The molecule has 7 nitrogen and oxygen atoms in total. The Morgan fingerprint density at radius 3 is 2.25 bits per heavy atom. The van der Waals surface area contributed by atoms with Gasteiger partial charge in [0.2, 0.25) is 0 Å². The van der Waals surface area contributed by atoms with E-state index in [9.17, 15) is 9.90 Å². The largest absolute Gasteiger partial charge is 0.392 e. The molecule has 0 aromatic heterocycles. The molecule has 3 aromatic carbocycles. The molecule has 0 unspecified atom stereocenters. The molecule has 2 amide bonds.